The molecule has 5 rings (SSSR count). The predicted octanol–water partition coefficient (Wildman–Crippen LogP) is 3.92. The summed E-state index contributed by atoms with van der Waals surface area (Å²) in [7, 11) is 0. The highest BCUT2D eigenvalue weighted by Crippen LogP contribution is 2.24. The van der Waals surface area contributed by atoms with Gasteiger partial charge in [-0.1, -0.05) is 0 Å². The van der Waals surface area contributed by atoms with Crippen LogP contribution in [0, 0.1) is 11.6 Å². The van der Waals surface area contributed by atoms with E-state index in [1.807, 2.05) is 16.0 Å². The van der Waals surface area contributed by atoms with Crippen molar-refractivity contribution in [2.45, 2.75) is 13.0 Å². The Morgan fingerprint density at radius 3 is 2.26 bits per heavy atom. The first-order valence-corrected chi connectivity index (χ1v) is 11.7. The molecule has 35 heavy (non-hydrogen) atoms. The molecule has 0 saturated heterocycles. The van der Waals surface area contributed by atoms with Gasteiger partial charge >= 0.3 is 0 Å². The molecule has 0 atom stereocenters. The van der Waals surface area contributed by atoms with E-state index in [4.69, 9.17) is 0 Å². The van der Waals surface area contributed by atoms with Crippen molar-refractivity contribution in [3.63, 3.8) is 0 Å². The minimum Gasteiger partial charge on any atom is -0.354 e. The van der Waals surface area contributed by atoms with E-state index in [1.54, 1.807) is 30.3 Å². The minimum atomic E-state index is -0.352. The number of nitrogens with zero attached hydrogens (tertiary/aromatic N) is 4. The van der Waals surface area contributed by atoms with Crippen LogP contribution < -0.4 is 10.9 Å². The van der Waals surface area contributed by atoms with Gasteiger partial charge in [-0.05, 0) is 54.6 Å². The number of aromatic nitrogens is 4. The fourth-order valence-electron chi connectivity index (χ4n) is 3.63. The summed E-state index contributed by atoms with van der Waals surface area (Å²) in [4.78, 5) is 30.0. The lowest BCUT2D eigenvalue weighted by Crippen LogP contribution is -2.32. The largest absolute Gasteiger partial charge is 0.354 e. The second kappa shape index (κ2) is 9.59. The second-order valence-electron chi connectivity index (χ2n) is 7.83. The average molecular weight is 492 g/mol. The van der Waals surface area contributed by atoms with Crippen molar-refractivity contribution in [3.05, 3.63) is 99.9 Å². The van der Waals surface area contributed by atoms with Crippen molar-refractivity contribution in [1.82, 2.24) is 24.5 Å². The monoisotopic (exact) mass is 491 g/mol. The second-order valence-corrected chi connectivity index (χ2v) is 8.66. The SMILES string of the molecule is O=C(Cc1csc2nc(-c3ccc(F)cc3)cn12)NCCn1nc(-c2ccc(F)cc2)ccc1=O. The van der Waals surface area contributed by atoms with Crippen LogP contribution in [0.1, 0.15) is 5.69 Å². The number of amides is 1. The standard InChI is InChI=1S/C25H19F2N5O2S/c26-18-5-1-16(2-6-18)21-9-10-24(34)32(30-21)12-11-28-23(33)13-20-15-35-25-29-22(14-31(20)25)17-3-7-19(27)8-4-17/h1-10,14-15H,11-13H2,(H,28,33). The third-order valence-corrected chi connectivity index (χ3v) is 6.31. The highest BCUT2D eigenvalue weighted by molar-refractivity contribution is 7.15. The number of thiazole rings is 1. The average Bonchev–Trinajstić information content (AvgIpc) is 3.43. The molecule has 0 spiro atoms. The van der Waals surface area contributed by atoms with E-state index in [1.165, 1.54) is 46.4 Å². The first kappa shape index (κ1) is 22.6. The maximum absolute atomic E-state index is 13.2. The van der Waals surface area contributed by atoms with Gasteiger partial charge < -0.3 is 5.32 Å². The maximum atomic E-state index is 13.2. The van der Waals surface area contributed by atoms with Crippen LogP contribution in [-0.2, 0) is 17.8 Å². The Morgan fingerprint density at radius 1 is 0.914 bits per heavy atom. The first-order valence-electron chi connectivity index (χ1n) is 10.8. The van der Waals surface area contributed by atoms with Crippen LogP contribution >= 0.6 is 11.3 Å². The third kappa shape index (κ3) is 5.02. The van der Waals surface area contributed by atoms with Crippen molar-refractivity contribution in [1.29, 1.82) is 0 Å². The number of nitrogens with one attached hydrogen (secondary N) is 1. The molecule has 0 saturated carbocycles. The molecule has 176 valence electrons. The molecule has 0 aliphatic heterocycles. The number of carbonyl (C=O) groups is 1. The van der Waals surface area contributed by atoms with Gasteiger partial charge in [-0.25, -0.2) is 18.4 Å². The molecule has 0 fully saturated rings. The van der Waals surface area contributed by atoms with E-state index in [0.717, 1.165) is 16.2 Å². The molecule has 3 aromatic heterocycles. The lowest BCUT2D eigenvalue weighted by atomic mass is 10.1. The molecule has 10 heteroatoms. The summed E-state index contributed by atoms with van der Waals surface area (Å²) >= 11 is 1.42. The highest BCUT2D eigenvalue weighted by Gasteiger charge is 2.13. The molecule has 0 radical (unpaired) electrons. The summed E-state index contributed by atoms with van der Waals surface area (Å²) in [5.74, 6) is -0.869. The zero-order chi connectivity index (χ0) is 24.4. The summed E-state index contributed by atoms with van der Waals surface area (Å²) in [6.45, 7) is 0.412. The number of halogens is 2. The molecule has 1 amide bonds. The van der Waals surface area contributed by atoms with Crippen molar-refractivity contribution < 1.29 is 13.6 Å². The van der Waals surface area contributed by atoms with Gasteiger partial charge in [0.2, 0.25) is 5.91 Å². The Morgan fingerprint density at radius 2 is 1.57 bits per heavy atom. The Hall–Kier alpha value is -4.18. The summed E-state index contributed by atoms with van der Waals surface area (Å²) < 4.78 is 29.5. The van der Waals surface area contributed by atoms with Crippen molar-refractivity contribution in [2.75, 3.05) is 6.54 Å². The molecule has 1 N–H and O–H groups in total. The summed E-state index contributed by atoms with van der Waals surface area (Å²) in [6, 6.07) is 14.9. The quantitative estimate of drug-likeness (QED) is 0.374. The predicted molar refractivity (Wildman–Crippen MR) is 129 cm³/mol. The topological polar surface area (TPSA) is 81.3 Å². The zero-order valence-electron chi connectivity index (χ0n) is 18.3. The molecule has 0 unspecified atom stereocenters. The van der Waals surface area contributed by atoms with Gasteiger partial charge in [0.15, 0.2) is 4.96 Å². The molecule has 2 aromatic carbocycles. The normalized spacial score (nSPS) is 11.1. The Balaban J connectivity index is 1.22. The number of benzene rings is 2. The van der Waals surface area contributed by atoms with Gasteiger partial charge in [-0.3, -0.25) is 14.0 Å². The Kier molecular flexibility index (Phi) is 6.19. The Labute approximate surface area is 202 Å². The summed E-state index contributed by atoms with van der Waals surface area (Å²) in [5.41, 5.74) is 3.19. The first-order chi connectivity index (χ1) is 17.0. The molecule has 0 aliphatic rings. The molecular formula is C25H19F2N5O2S. The fraction of sp³-hybridized carbons (Fsp3) is 0.120. The molecular weight excluding hydrogens is 472 g/mol. The van der Waals surface area contributed by atoms with Crippen molar-refractivity contribution >= 4 is 22.2 Å². The van der Waals surface area contributed by atoms with Gasteiger partial charge in [-0.15, -0.1) is 11.3 Å². The zero-order valence-corrected chi connectivity index (χ0v) is 19.1. The van der Waals surface area contributed by atoms with Gasteiger partial charge in [-0.2, -0.15) is 5.10 Å². The molecule has 3 heterocycles. The van der Waals surface area contributed by atoms with Crippen LogP contribution in [-0.4, -0.2) is 31.6 Å². The molecule has 0 bridgehead atoms. The van der Waals surface area contributed by atoms with Crippen LogP contribution in [0.2, 0.25) is 0 Å². The number of imidazole rings is 1. The van der Waals surface area contributed by atoms with Gasteiger partial charge in [0.1, 0.15) is 11.6 Å². The molecule has 5 aromatic rings. The van der Waals surface area contributed by atoms with Crippen LogP contribution in [0.25, 0.3) is 27.5 Å². The van der Waals surface area contributed by atoms with Gasteiger partial charge in [0, 0.05) is 41.0 Å². The van der Waals surface area contributed by atoms with E-state index in [-0.39, 0.29) is 42.6 Å². The maximum Gasteiger partial charge on any atom is 0.266 e. The van der Waals surface area contributed by atoms with Crippen LogP contribution in [0.4, 0.5) is 8.78 Å². The number of hydrogen-bond acceptors (Lipinski definition) is 5. The van der Waals surface area contributed by atoms with E-state index in [9.17, 15) is 18.4 Å². The number of fused-ring (bicyclic) bond motifs is 1. The fourth-order valence-corrected chi connectivity index (χ4v) is 4.50. The number of rotatable bonds is 7. The van der Waals surface area contributed by atoms with E-state index >= 15 is 0 Å². The van der Waals surface area contributed by atoms with Crippen LogP contribution in [0.3, 0.4) is 0 Å². The van der Waals surface area contributed by atoms with E-state index in [2.05, 4.69) is 15.4 Å². The summed E-state index contributed by atoms with van der Waals surface area (Å²) in [5, 5.41) is 9.00. The number of hydrogen-bond donors (Lipinski definition) is 1. The van der Waals surface area contributed by atoms with Crippen molar-refractivity contribution in [2.24, 2.45) is 0 Å². The lowest BCUT2D eigenvalue weighted by Gasteiger charge is -2.08. The third-order valence-electron chi connectivity index (χ3n) is 5.42. The van der Waals surface area contributed by atoms with Crippen molar-refractivity contribution in [3.8, 4) is 22.5 Å². The molecule has 7 nitrogen and oxygen atoms in total. The minimum absolute atomic E-state index is 0.136. The van der Waals surface area contributed by atoms with Gasteiger partial charge in [0.25, 0.3) is 5.56 Å². The van der Waals surface area contributed by atoms with Crippen LogP contribution in [0.15, 0.2) is 77.0 Å². The lowest BCUT2D eigenvalue weighted by molar-refractivity contribution is -0.120. The molecule has 0 aliphatic carbocycles. The smallest absolute Gasteiger partial charge is 0.266 e. The van der Waals surface area contributed by atoms with E-state index in [0.29, 0.717) is 17.0 Å². The number of carbonyl (C=O) groups excluding carboxylic acids is 1. The summed E-state index contributed by atoms with van der Waals surface area (Å²) in [6.07, 6.45) is 1.96. The van der Waals surface area contributed by atoms with Crippen LogP contribution in [0.5, 0.6) is 0 Å². The Bertz CT molecular complexity index is 1560. The van der Waals surface area contributed by atoms with E-state index < -0.39 is 0 Å². The highest BCUT2D eigenvalue weighted by atomic mass is 32.1. The van der Waals surface area contributed by atoms with Gasteiger partial charge in [0.05, 0.1) is 24.4 Å².